The summed E-state index contributed by atoms with van der Waals surface area (Å²) in [5, 5.41) is 9.91. The topological polar surface area (TPSA) is 64.1 Å². The van der Waals surface area contributed by atoms with Gasteiger partial charge in [-0.05, 0) is 26.7 Å². The third kappa shape index (κ3) is 4.09. The Bertz CT molecular complexity index is 474. The first kappa shape index (κ1) is 17.7. The summed E-state index contributed by atoms with van der Waals surface area (Å²) >= 11 is 0. The van der Waals surface area contributed by atoms with Crippen molar-refractivity contribution < 1.29 is 14.7 Å². The average Bonchev–Trinajstić information content (AvgIpc) is 3.14. The number of hydrogen-bond donors (Lipinski definition) is 1. The molecule has 6 nitrogen and oxygen atoms in total. The van der Waals surface area contributed by atoms with E-state index in [4.69, 9.17) is 0 Å². The van der Waals surface area contributed by atoms with E-state index in [-0.39, 0.29) is 17.7 Å². The van der Waals surface area contributed by atoms with Gasteiger partial charge in [-0.25, -0.2) is 0 Å². The van der Waals surface area contributed by atoms with Crippen molar-refractivity contribution in [2.45, 2.75) is 57.6 Å². The molecule has 0 aromatic heterocycles. The number of amides is 2. The minimum absolute atomic E-state index is 0.145. The Morgan fingerprint density at radius 2 is 1.79 bits per heavy atom. The van der Waals surface area contributed by atoms with Gasteiger partial charge in [0.15, 0.2) is 0 Å². The van der Waals surface area contributed by atoms with Gasteiger partial charge in [0.2, 0.25) is 11.8 Å². The van der Waals surface area contributed by atoms with Crippen LogP contribution in [0.15, 0.2) is 0 Å². The van der Waals surface area contributed by atoms with E-state index in [1.807, 2.05) is 23.6 Å². The number of piperazine rings is 1. The van der Waals surface area contributed by atoms with Crippen molar-refractivity contribution in [3.05, 3.63) is 0 Å². The number of β-amino-alcohol motifs (C(OH)–C–C–N with tert-alkyl or cyclic N) is 1. The maximum atomic E-state index is 12.8. The number of aliphatic hydroxyl groups is 1. The molecule has 136 valence electrons. The zero-order valence-electron chi connectivity index (χ0n) is 15.0. The first-order chi connectivity index (χ1) is 11.3. The van der Waals surface area contributed by atoms with Crippen LogP contribution in [-0.4, -0.2) is 82.5 Å². The first-order valence-corrected chi connectivity index (χ1v) is 9.36. The summed E-state index contributed by atoms with van der Waals surface area (Å²) in [6.45, 7) is 7.86. The fourth-order valence-electron chi connectivity index (χ4n) is 4.40. The van der Waals surface area contributed by atoms with Crippen molar-refractivity contribution in [1.82, 2.24) is 14.7 Å². The maximum Gasteiger partial charge on any atom is 0.228 e. The van der Waals surface area contributed by atoms with Gasteiger partial charge in [0.1, 0.15) is 0 Å². The number of nitrogens with zero attached hydrogens (tertiary/aromatic N) is 3. The van der Waals surface area contributed by atoms with E-state index in [0.717, 1.165) is 25.9 Å². The van der Waals surface area contributed by atoms with Crippen molar-refractivity contribution >= 4 is 11.8 Å². The predicted molar refractivity (Wildman–Crippen MR) is 91.4 cm³/mol. The zero-order valence-corrected chi connectivity index (χ0v) is 15.0. The van der Waals surface area contributed by atoms with Crippen LogP contribution < -0.4 is 0 Å². The van der Waals surface area contributed by atoms with Crippen LogP contribution in [0.2, 0.25) is 0 Å². The van der Waals surface area contributed by atoms with Crippen LogP contribution in [0.1, 0.15) is 46.0 Å². The van der Waals surface area contributed by atoms with Gasteiger partial charge < -0.3 is 14.9 Å². The molecule has 1 N–H and O–H groups in total. The minimum Gasteiger partial charge on any atom is -0.389 e. The molecule has 1 aliphatic carbocycles. The van der Waals surface area contributed by atoms with Crippen molar-refractivity contribution in [2.24, 2.45) is 5.92 Å². The molecule has 2 saturated heterocycles. The molecule has 2 amide bonds. The Hall–Kier alpha value is -1.14. The van der Waals surface area contributed by atoms with E-state index < -0.39 is 5.60 Å². The predicted octanol–water partition coefficient (Wildman–Crippen LogP) is 0.693. The minimum atomic E-state index is -0.703. The Balaban J connectivity index is 1.50. The van der Waals surface area contributed by atoms with Crippen molar-refractivity contribution in [1.29, 1.82) is 0 Å². The lowest BCUT2D eigenvalue weighted by molar-refractivity contribution is -0.137. The Morgan fingerprint density at radius 3 is 2.38 bits per heavy atom. The van der Waals surface area contributed by atoms with Gasteiger partial charge in [-0.1, -0.05) is 12.8 Å². The standard InChI is InChI=1S/C18H31N3O3/c1-18(2,24)13-19-7-9-20(10-8-19)17(23)14-11-16(22)21(12-14)15-5-3-4-6-15/h14-15,24H,3-13H2,1-2H3. The molecular weight excluding hydrogens is 306 g/mol. The number of hydrogen-bond acceptors (Lipinski definition) is 4. The van der Waals surface area contributed by atoms with Crippen molar-refractivity contribution in [2.75, 3.05) is 39.3 Å². The smallest absolute Gasteiger partial charge is 0.228 e. The van der Waals surface area contributed by atoms with Gasteiger partial charge in [-0.2, -0.15) is 0 Å². The lowest BCUT2D eigenvalue weighted by atomic mass is 10.1. The van der Waals surface area contributed by atoms with E-state index >= 15 is 0 Å². The SMILES string of the molecule is CC(C)(O)CN1CCN(C(=O)C2CC(=O)N(C3CCCC3)C2)CC1. The number of carbonyl (C=O) groups excluding carboxylic acids is 2. The molecule has 0 bridgehead atoms. The van der Waals surface area contributed by atoms with Gasteiger partial charge >= 0.3 is 0 Å². The molecule has 2 aliphatic heterocycles. The van der Waals surface area contributed by atoms with Crippen LogP contribution in [0.4, 0.5) is 0 Å². The average molecular weight is 337 g/mol. The highest BCUT2D eigenvalue weighted by Crippen LogP contribution is 2.30. The van der Waals surface area contributed by atoms with Crippen LogP contribution >= 0.6 is 0 Å². The Morgan fingerprint density at radius 1 is 1.17 bits per heavy atom. The zero-order chi connectivity index (χ0) is 17.3. The van der Waals surface area contributed by atoms with E-state index in [1.165, 1.54) is 12.8 Å². The summed E-state index contributed by atoms with van der Waals surface area (Å²) in [5.41, 5.74) is -0.703. The highest BCUT2D eigenvalue weighted by molar-refractivity contribution is 5.89. The summed E-state index contributed by atoms with van der Waals surface area (Å²) in [7, 11) is 0. The molecule has 0 radical (unpaired) electrons. The molecule has 2 heterocycles. The molecule has 3 fully saturated rings. The van der Waals surface area contributed by atoms with E-state index in [9.17, 15) is 14.7 Å². The van der Waals surface area contributed by atoms with Crippen molar-refractivity contribution in [3.8, 4) is 0 Å². The van der Waals surface area contributed by atoms with E-state index in [0.29, 0.717) is 38.6 Å². The number of likely N-dealkylation sites (tertiary alicyclic amines) is 1. The largest absolute Gasteiger partial charge is 0.389 e. The molecule has 0 spiro atoms. The second-order valence-corrected chi connectivity index (χ2v) is 8.30. The van der Waals surface area contributed by atoms with Crippen LogP contribution in [0, 0.1) is 5.92 Å². The lowest BCUT2D eigenvalue weighted by Crippen LogP contribution is -2.53. The van der Waals surface area contributed by atoms with Gasteiger partial charge in [0, 0.05) is 51.7 Å². The summed E-state index contributed by atoms with van der Waals surface area (Å²) in [6, 6.07) is 0.374. The Labute approximate surface area is 144 Å². The molecule has 1 unspecified atom stereocenters. The quantitative estimate of drug-likeness (QED) is 0.820. The fraction of sp³-hybridized carbons (Fsp3) is 0.889. The number of rotatable bonds is 4. The third-order valence-electron chi connectivity index (χ3n) is 5.57. The van der Waals surface area contributed by atoms with Gasteiger partial charge in [-0.3, -0.25) is 14.5 Å². The van der Waals surface area contributed by atoms with Crippen molar-refractivity contribution in [3.63, 3.8) is 0 Å². The van der Waals surface area contributed by atoms with E-state index in [1.54, 1.807) is 0 Å². The summed E-state index contributed by atoms with van der Waals surface area (Å²) < 4.78 is 0. The van der Waals surface area contributed by atoms with E-state index in [2.05, 4.69) is 4.90 Å². The lowest BCUT2D eigenvalue weighted by Gasteiger charge is -2.38. The first-order valence-electron chi connectivity index (χ1n) is 9.36. The van der Waals surface area contributed by atoms with Crippen LogP contribution in [0.3, 0.4) is 0 Å². The highest BCUT2D eigenvalue weighted by Gasteiger charge is 2.40. The normalized spacial score (nSPS) is 27.3. The van der Waals surface area contributed by atoms with Gasteiger partial charge in [-0.15, -0.1) is 0 Å². The third-order valence-corrected chi connectivity index (χ3v) is 5.57. The summed E-state index contributed by atoms with van der Waals surface area (Å²) in [5.74, 6) is 0.159. The monoisotopic (exact) mass is 337 g/mol. The molecule has 1 saturated carbocycles. The maximum absolute atomic E-state index is 12.8. The molecule has 3 aliphatic rings. The van der Waals surface area contributed by atoms with Crippen LogP contribution in [0.5, 0.6) is 0 Å². The van der Waals surface area contributed by atoms with Gasteiger partial charge in [0.05, 0.1) is 11.5 Å². The molecule has 24 heavy (non-hydrogen) atoms. The molecule has 1 atom stereocenters. The molecule has 3 rings (SSSR count). The molecular formula is C18H31N3O3. The van der Waals surface area contributed by atoms with Crippen LogP contribution in [-0.2, 0) is 9.59 Å². The molecule has 0 aromatic rings. The van der Waals surface area contributed by atoms with Crippen LogP contribution in [0.25, 0.3) is 0 Å². The second kappa shape index (κ2) is 7.00. The fourth-order valence-corrected chi connectivity index (χ4v) is 4.40. The van der Waals surface area contributed by atoms with Gasteiger partial charge in [0.25, 0.3) is 0 Å². The summed E-state index contributed by atoms with van der Waals surface area (Å²) in [6.07, 6.45) is 5.00. The number of carbonyl (C=O) groups is 2. The summed E-state index contributed by atoms with van der Waals surface area (Å²) in [4.78, 5) is 31.2. The highest BCUT2D eigenvalue weighted by atomic mass is 16.3. The second-order valence-electron chi connectivity index (χ2n) is 8.30. The molecule has 0 aromatic carbocycles. The molecule has 6 heteroatoms. The Kier molecular flexibility index (Phi) is 5.16.